The molecule has 0 saturated carbocycles. The van der Waals surface area contributed by atoms with Gasteiger partial charge in [0.2, 0.25) is 5.91 Å². The molecule has 0 aliphatic heterocycles. The number of benzene rings is 2. The van der Waals surface area contributed by atoms with Gasteiger partial charge in [0.1, 0.15) is 22.9 Å². The number of aromatic nitrogens is 4. The molecule has 2 amide bonds. The zero-order chi connectivity index (χ0) is 21.6. The van der Waals surface area contributed by atoms with Crippen molar-refractivity contribution in [2.45, 2.75) is 6.42 Å². The fraction of sp³-hybridized carbons (Fsp3) is 0.0455. The van der Waals surface area contributed by atoms with Gasteiger partial charge in [-0.3, -0.25) is 19.7 Å². The van der Waals surface area contributed by atoms with Crippen LogP contribution in [0.2, 0.25) is 0 Å². The van der Waals surface area contributed by atoms with Crippen molar-refractivity contribution in [3.05, 3.63) is 84.3 Å². The van der Waals surface area contributed by atoms with Crippen molar-refractivity contribution in [1.82, 2.24) is 20.2 Å². The van der Waals surface area contributed by atoms with Crippen molar-refractivity contribution in [1.29, 1.82) is 0 Å². The Hall–Kier alpha value is -4.53. The van der Waals surface area contributed by atoms with Gasteiger partial charge in [-0.1, -0.05) is 42.5 Å². The lowest BCUT2D eigenvalue weighted by atomic mass is 10.1. The van der Waals surface area contributed by atoms with E-state index in [1.54, 1.807) is 30.5 Å². The average molecular weight is 413 g/mol. The molecule has 0 aliphatic rings. The van der Waals surface area contributed by atoms with Gasteiger partial charge in [0.15, 0.2) is 0 Å². The fourth-order valence-electron chi connectivity index (χ4n) is 3.07. The van der Waals surface area contributed by atoms with Gasteiger partial charge in [0.05, 0.1) is 12.6 Å². The first kappa shape index (κ1) is 19.8. The lowest BCUT2D eigenvalue weighted by Gasteiger charge is -2.07. The highest BCUT2D eigenvalue weighted by Gasteiger charge is 2.20. The molecule has 2 heterocycles. The third kappa shape index (κ3) is 4.73. The van der Waals surface area contributed by atoms with Crippen LogP contribution < -0.4 is 16.4 Å². The molecule has 4 aromatic rings. The van der Waals surface area contributed by atoms with Gasteiger partial charge < -0.3 is 16.4 Å². The zero-order valence-corrected chi connectivity index (χ0v) is 16.4. The second kappa shape index (κ2) is 8.87. The van der Waals surface area contributed by atoms with E-state index in [0.29, 0.717) is 28.6 Å². The lowest BCUT2D eigenvalue weighted by molar-refractivity contribution is -0.115. The maximum atomic E-state index is 12.2. The summed E-state index contributed by atoms with van der Waals surface area (Å²) in [6, 6.07) is 16.5. The number of aromatic amines is 1. The SMILES string of the molecule is NC(=O)c1c(-c2ccc(NC(=O)Cc3ccccc3)cc2)n[nH]c1Nc1cnccn1. The molecular weight excluding hydrogens is 394 g/mol. The molecule has 9 nitrogen and oxygen atoms in total. The molecule has 0 aliphatic carbocycles. The Morgan fingerprint density at radius 3 is 2.45 bits per heavy atom. The van der Waals surface area contributed by atoms with Crippen LogP contribution in [0.5, 0.6) is 0 Å². The molecule has 2 aromatic heterocycles. The molecule has 4 rings (SSSR count). The molecule has 0 atom stereocenters. The van der Waals surface area contributed by atoms with E-state index in [2.05, 4.69) is 30.8 Å². The Kier molecular flexibility index (Phi) is 5.66. The van der Waals surface area contributed by atoms with Gasteiger partial charge in [-0.25, -0.2) is 4.98 Å². The molecule has 0 fully saturated rings. The molecule has 31 heavy (non-hydrogen) atoms. The number of hydrogen-bond donors (Lipinski definition) is 4. The predicted octanol–water partition coefficient (Wildman–Crippen LogP) is 2.89. The lowest BCUT2D eigenvalue weighted by Crippen LogP contribution is -2.14. The molecule has 9 heteroatoms. The van der Waals surface area contributed by atoms with Crippen LogP contribution in [0.1, 0.15) is 15.9 Å². The maximum Gasteiger partial charge on any atom is 0.254 e. The zero-order valence-electron chi connectivity index (χ0n) is 16.4. The molecule has 0 saturated heterocycles. The van der Waals surface area contributed by atoms with Crippen LogP contribution in [-0.2, 0) is 11.2 Å². The predicted molar refractivity (Wildman–Crippen MR) is 117 cm³/mol. The number of nitrogens with one attached hydrogen (secondary N) is 3. The first-order valence-corrected chi connectivity index (χ1v) is 9.45. The van der Waals surface area contributed by atoms with E-state index in [1.807, 2.05) is 30.3 Å². The Morgan fingerprint density at radius 2 is 1.77 bits per heavy atom. The highest BCUT2D eigenvalue weighted by molar-refractivity contribution is 6.04. The van der Waals surface area contributed by atoms with Crippen LogP contribution in [0.4, 0.5) is 17.3 Å². The summed E-state index contributed by atoms with van der Waals surface area (Å²) >= 11 is 0. The molecule has 2 aromatic carbocycles. The Labute approximate surface area is 177 Å². The van der Waals surface area contributed by atoms with Gasteiger partial charge in [-0.15, -0.1) is 0 Å². The van der Waals surface area contributed by atoms with Crippen LogP contribution in [0.15, 0.2) is 73.2 Å². The monoisotopic (exact) mass is 413 g/mol. The summed E-state index contributed by atoms with van der Waals surface area (Å²) in [6.07, 6.45) is 4.86. The minimum atomic E-state index is -0.643. The number of hydrogen-bond acceptors (Lipinski definition) is 6. The summed E-state index contributed by atoms with van der Waals surface area (Å²) < 4.78 is 0. The number of H-pyrrole nitrogens is 1. The van der Waals surface area contributed by atoms with Crippen LogP contribution in [-0.4, -0.2) is 32.0 Å². The van der Waals surface area contributed by atoms with E-state index in [1.165, 1.54) is 12.4 Å². The van der Waals surface area contributed by atoms with Crippen LogP contribution in [0.25, 0.3) is 11.3 Å². The van der Waals surface area contributed by atoms with Gasteiger partial charge >= 0.3 is 0 Å². The second-order valence-electron chi connectivity index (χ2n) is 6.69. The topological polar surface area (TPSA) is 139 Å². The molecule has 0 radical (unpaired) electrons. The maximum absolute atomic E-state index is 12.2. The van der Waals surface area contributed by atoms with Crippen molar-refractivity contribution < 1.29 is 9.59 Å². The van der Waals surface area contributed by atoms with E-state index < -0.39 is 5.91 Å². The summed E-state index contributed by atoms with van der Waals surface area (Å²) in [5.41, 5.74) is 8.41. The molecule has 5 N–H and O–H groups in total. The third-order valence-corrected chi connectivity index (χ3v) is 4.48. The number of nitrogens with two attached hydrogens (primary N) is 1. The fourth-order valence-corrected chi connectivity index (χ4v) is 3.07. The van der Waals surface area contributed by atoms with Gasteiger partial charge in [0, 0.05) is 23.6 Å². The van der Waals surface area contributed by atoms with Crippen LogP contribution in [0.3, 0.4) is 0 Å². The molecule has 0 spiro atoms. The molecule has 0 bridgehead atoms. The number of amides is 2. The minimum Gasteiger partial charge on any atom is -0.365 e. The van der Waals surface area contributed by atoms with Crippen LogP contribution in [0, 0.1) is 0 Å². The van der Waals surface area contributed by atoms with Crippen molar-refractivity contribution in [2.75, 3.05) is 10.6 Å². The summed E-state index contributed by atoms with van der Waals surface area (Å²) in [4.78, 5) is 32.4. The molecular formula is C22H19N7O2. The Morgan fingerprint density at radius 1 is 1.00 bits per heavy atom. The van der Waals surface area contributed by atoms with Gasteiger partial charge in [0.25, 0.3) is 5.91 Å². The van der Waals surface area contributed by atoms with E-state index >= 15 is 0 Å². The van der Waals surface area contributed by atoms with E-state index in [-0.39, 0.29) is 17.9 Å². The normalized spacial score (nSPS) is 10.5. The van der Waals surface area contributed by atoms with Crippen LogP contribution >= 0.6 is 0 Å². The second-order valence-corrected chi connectivity index (χ2v) is 6.69. The van der Waals surface area contributed by atoms with Crippen molar-refractivity contribution in [2.24, 2.45) is 5.73 Å². The number of anilines is 3. The summed E-state index contributed by atoms with van der Waals surface area (Å²) in [5, 5.41) is 12.8. The first-order chi connectivity index (χ1) is 15.1. The standard InChI is InChI=1S/C22H19N7O2/c23-21(31)19-20(28-29-22(19)27-17-13-24-10-11-25-17)15-6-8-16(9-7-15)26-18(30)12-14-4-2-1-3-5-14/h1-11,13H,12H2,(H2,23,31)(H,26,30)(H2,25,27,28,29). The number of rotatable bonds is 7. The van der Waals surface area contributed by atoms with Gasteiger partial charge in [-0.05, 0) is 17.7 Å². The highest BCUT2D eigenvalue weighted by Crippen LogP contribution is 2.28. The highest BCUT2D eigenvalue weighted by atomic mass is 16.2. The molecule has 0 unspecified atom stereocenters. The van der Waals surface area contributed by atoms with Crippen molar-refractivity contribution in [3.63, 3.8) is 0 Å². The molecule has 154 valence electrons. The summed E-state index contributed by atoms with van der Waals surface area (Å²) in [7, 11) is 0. The van der Waals surface area contributed by atoms with E-state index in [0.717, 1.165) is 5.56 Å². The van der Waals surface area contributed by atoms with Crippen molar-refractivity contribution >= 4 is 29.1 Å². The number of carbonyl (C=O) groups excluding carboxylic acids is 2. The number of primary amides is 1. The van der Waals surface area contributed by atoms with Crippen molar-refractivity contribution in [3.8, 4) is 11.3 Å². The first-order valence-electron chi connectivity index (χ1n) is 9.45. The van der Waals surface area contributed by atoms with E-state index in [4.69, 9.17) is 5.73 Å². The number of carbonyl (C=O) groups is 2. The Bertz CT molecular complexity index is 1190. The largest absolute Gasteiger partial charge is 0.365 e. The number of nitrogens with zero attached hydrogens (tertiary/aromatic N) is 3. The Balaban J connectivity index is 1.51. The minimum absolute atomic E-state index is 0.119. The summed E-state index contributed by atoms with van der Waals surface area (Å²) in [6.45, 7) is 0. The van der Waals surface area contributed by atoms with E-state index in [9.17, 15) is 9.59 Å². The van der Waals surface area contributed by atoms with Gasteiger partial charge in [-0.2, -0.15) is 5.10 Å². The third-order valence-electron chi connectivity index (χ3n) is 4.48. The average Bonchev–Trinajstić information content (AvgIpc) is 3.19. The summed E-state index contributed by atoms with van der Waals surface area (Å²) in [5.74, 6) is 0.00213. The quantitative estimate of drug-likeness (QED) is 0.367. The smallest absolute Gasteiger partial charge is 0.254 e.